The SMILES string of the molecule is O=C1c2ccccc2CC12CCC(OC(F)F)CC2. The van der Waals surface area contributed by atoms with Crippen LogP contribution in [0.1, 0.15) is 41.6 Å². The third-order valence-corrected chi connectivity index (χ3v) is 4.46. The van der Waals surface area contributed by atoms with Crippen LogP contribution in [0.5, 0.6) is 0 Å². The molecule has 1 aromatic carbocycles. The van der Waals surface area contributed by atoms with Gasteiger partial charge in [-0.05, 0) is 37.7 Å². The first kappa shape index (κ1) is 12.7. The van der Waals surface area contributed by atoms with Gasteiger partial charge in [0.05, 0.1) is 6.10 Å². The zero-order chi connectivity index (χ0) is 13.5. The van der Waals surface area contributed by atoms with E-state index in [0.717, 1.165) is 17.5 Å². The van der Waals surface area contributed by atoms with E-state index in [0.29, 0.717) is 25.7 Å². The second kappa shape index (κ2) is 4.67. The van der Waals surface area contributed by atoms with Gasteiger partial charge in [0, 0.05) is 11.0 Å². The van der Waals surface area contributed by atoms with Crippen LogP contribution in [0, 0.1) is 5.41 Å². The average molecular weight is 266 g/mol. The van der Waals surface area contributed by atoms with Crippen LogP contribution < -0.4 is 0 Å². The summed E-state index contributed by atoms with van der Waals surface area (Å²) in [5.41, 5.74) is 1.56. The van der Waals surface area contributed by atoms with E-state index < -0.39 is 12.7 Å². The van der Waals surface area contributed by atoms with Crippen LogP contribution in [0.3, 0.4) is 0 Å². The lowest BCUT2D eigenvalue weighted by Gasteiger charge is -2.35. The van der Waals surface area contributed by atoms with Gasteiger partial charge in [0.2, 0.25) is 0 Å². The number of carbonyl (C=O) groups is 1. The van der Waals surface area contributed by atoms with Gasteiger partial charge in [-0.3, -0.25) is 4.79 Å². The predicted molar refractivity (Wildman–Crippen MR) is 66.3 cm³/mol. The van der Waals surface area contributed by atoms with Gasteiger partial charge < -0.3 is 4.74 Å². The van der Waals surface area contributed by atoms with Crippen LogP contribution in [-0.4, -0.2) is 18.5 Å². The normalized spacial score (nSPS) is 30.1. The predicted octanol–water partition coefficient (Wildman–Crippen LogP) is 3.59. The second-order valence-corrected chi connectivity index (χ2v) is 5.54. The summed E-state index contributed by atoms with van der Waals surface area (Å²) in [5.74, 6) is 0.193. The molecule has 3 rings (SSSR count). The summed E-state index contributed by atoms with van der Waals surface area (Å²) in [5, 5.41) is 0. The molecule has 0 heterocycles. The van der Waals surface area contributed by atoms with Crippen molar-refractivity contribution in [2.75, 3.05) is 0 Å². The Hall–Kier alpha value is -1.29. The topological polar surface area (TPSA) is 26.3 Å². The summed E-state index contributed by atoms with van der Waals surface area (Å²) in [7, 11) is 0. The molecule has 4 heteroatoms. The van der Waals surface area contributed by atoms with Crippen molar-refractivity contribution in [2.45, 2.75) is 44.8 Å². The highest BCUT2D eigenvalue weighted by atomic mass is 19.3. The summed E-state index contributed by atoms with van der Waals surface area (Å²) in [4.78, 5) is 12.5. The van der Waals surface area contributed by atoms with E-state index in [2.05, 4.69) is 4.74 Å². The number of halogens is 2. The van der Waals surface area contributed by atoms with E-state index >= 15 is 0 Å². The van der Waals surface area contributed by atoms with Crippen molar-refractivity contribution >= 4 is 5.78 Å². The van der Waals surface area contributed by atoms with Crippen molar-refractivity contribution in [1.29, 1.82) is 0 Å². The van der Waals surface area contributed by atoms with Crippen molar-refractivity contribution in [3.63, 3.8) is 0 Å². The molecule has 2 nitrogen and oxygen atoms in total. The Morgan fingerprint density at radius 3 is 2.53 bits per heavy atom. The smallest absolute Gasteiger partial charge is 0.320 e. The number of fused-ring (bicyclic) bond motifs is 1. The Labute approximate surface area is 110 Å². The second-order valence-electron chi connectivity index (χ2n) is 5.54. The molecule has 0 amide bonds. The zero-order valence-corrected chi connectivity index (χ0v) is 10.6. The molecule has 0 N–H and O–H groups in total. The molecule has 102 valence electrons. The van der Waals surface area contributed by atoms with Crippen LogP contribution in [0.25, 0.3) is 0 Å². The van der Waals surface area contributed by atoms with Gasteiger partial charge in [-0.25, -0.2) is 0 Å². The summed E-state index contributed by atoms with van der Waals surface area (Å²) in [6, 6.07) is 7.68. The van der Waals surface area contributed by atoms with Gasteiger partial charge >= 0.3 is 6.61 Å². The van der Waals surface area contributed by atoms with Crippen molar-refractivity contribution in [3.05, 3.63) is 35.4 Å². The third kappa shape index (κ3) is 2.18. The molecule has 19 heavy (non-hydrogen) atoms. The monoisotopic (exact) mass is 266 g/mol. The minimum atomic E-state index is -2.71. The molecular weight excluding hydrogens is 250 g/mol. The number of hydrogen-bond acceptors (Lipinski definition) is 2. The minimum Gasteiger partial charge on any atom is -0.320 e. The maximum atomic E-state index is 12.5. The van der Waals surface area contributed by atoms with Gasteiger partial charge in [-0.1, -0.05) is 24.3 Å². The average Bonchev–Trinajstić information content (AvgIpc) is 2.66. The van der Waals surface area contributed by atoms with Gasteiger partial charge in [0.25, 0.3) is 0 Å². The Balaban J connectivity index is 1.74. The lowest BCUT2D eigenvalue weighted by Crippen LogP contribution is -2.36. The minimum absolute atomic E-state index is 0.193. The molecule has 0 aliphatic heterocycles. The van der Waals surface area contributed by atoms with Crippen molar-refractivity contribution in [3.8, 4) is 0 Å². The summed E-state index contributed by atoms with van der Waals surface area (Å²) >= 11 is 0. The van der Waals surface area contributed by atoms with Crippen molar-refractivity contribution < 1.29 is 18.3 Å². The number of carbonyl (C=O) groups excluding carboxylic acids is 1. The van der Waals surface area contributed by atoms with Crippen LogP contribution in [0.4, 0.5) is 8.78 Å². The maximum absolute atomic E-state index is 12.5. The molecule has 0 saturated heterocycles. The summed E-state index contributed by atoms with van der Waals surface area (Å²) in [6.07, 6.45) is 2.75. The van der Waals surface area contributed by atoms with E-state index in [1.54, 1.807) is 0 Å². The first-order chi connectivity index (χ1) is 9.11. The van der Waals surface area contributed by atoms with Crippen LogP contribution in [-0.2, 0) is 11.2 Å². The fraction of sp³-hybridized carbons (Fsp3) is 0.533. The first-order valence-corrected chi connectivity index (χ1v) is 6.67. The highest BCUT2D eigenvalue weighted by molar-refractivity contribution is 6.04. The van der Waals surface area contributed by atoms with Gasteiger partial charge in [-0.15, -0.1) is 0 Å². The molecule has 2 aliphatic rings. The fourth-order valence-corrected chi connectivity index (χ4v) is 3.46. The maximum Gasteiger partial charge on any atom is 0.345 e. The molecule has 1 aromatic rings. The summed E-state index contributed by atoms with van der Waals surface area (Å²) < 4.78 is 28.9. The quantitative estimate of drug-likeness (QED) is 0.817. The lowest BCUT2D eigenvalue weighted by molar-refractivity contribution is -0.173. The number of ketones is 1. The highest BCUT2D eigenvalue weighted by Crippen LogP contribution is 2.47. The van der Waals surface area contributed by atoms with E-state index in [9.17, 15) is 13.6 Å². The Morgan fingerprint density at radius 1 is 1.21 bits per heavy atom. The largest absolute Gasteiger partial charge is 0.345 e. The number of ether oxygens (including phenoxy) is 1. The molecule has 0 atom stereocenters. The highest BCUT2D eigenvalue weighted by Gasteiger charge is 2.47. The molecule has 0 radical (unpaired) electrons. The van der Waals surface area contributed by atoms with Gasteiger partial charge in [0.1, 0.15) is 0 Å². The van der Waals surface area contributed by atoms with Crippen molar-refractivity contribution in [2.24, 2.45) is 5.41 Å². The van der Waals surface area contributed by atoms with Crippen LogP contribution >= 0.6 is 0 Å². The molecule has 1 spiro atoms. The van der Waals surface area contributed by atoms with Crippen LogP contribution in [0.2, 0.25) is 0 Å². The van der Waals surface area contributed by atoms with Crippen molar-refractivity contribution in [1.82, 2.24) is 0 Å². The molecule has 1 saturated carbocycles. The Morgan fingerprint density at radius 2 is 1.89 bits per heavy atom. The summed E-state index contributed by atoms with van der Waals surface area (Å²) in [6.45, 7) is -2.71. The molecular formula is C15H16F2O2. The van der Waals surface area contributed by atoms with Crippen LogP contribution in [0.15, 0.2) is 24.3 Å². The molecule has 0 aromatic heterocycles. The van der Waals surface area contributed by atoms with E-state index in [1.165, 1.54) is 0 Å². The van der Waals surface area contributed by atoms with E-state index in [1.807, 2.05) is 24.3 Å². The van der Waals surface area contributed by atoms with Gasteiger partial charge in [0.15, 0.2) is 5.78 Å². The number of alkyl halides is 2. The zero-order valence-electron chi connectivity index (χ0n) is 10.6. The van der Waals surface area contributed by atoms with Gasteiger partial charge in [-0.2, -0.15) is 8.78 Å². The third-order valence-electron chi connectivity index (χ3n) is 4.46. The Kier molecular flexibility index (Phi) is 3.13. The molecule has 0 bridgehead atoms. The fourth-order valence-electron chi connectivity index (χ4n) is 3.46. The first-order valence-electron chi connectivity index (χ1n) is 6.67. The molecule has 2 aliphatic carbocycles. The number of Topliss-reactive ketones (excluding diaryl/α,β-unsaturated/α-hetero) is 1. The number of benzene rings is 1. The Bertz CT molecular complexity index is 491. The lowest BCUT2D eigenvalue weighted by atomic mass is 9.70. The standard InChI is InChI=1S/C15H16F2O2/c16-14(17)19-11-5-7-15(8-6-11)9-10-3-1-2-4-12(10)13(15)18/h1-4,11,14H,5-9H2. The van der Waals surface area contributed by atoms with E-state index in [4.69, 9.17) is 0 Å². The number of hydrogen-bond donors (Lipinski definition) is 0. The van der Waals surface area contributed by atoms with E-state index in [-0.39, 0.29) is 11.2 Å². The number of rotatable bonds is 2. The molecule has 0 unspecified atom stereocenters. The molecule has 1 fully saturated rings.